The number of rotatable bonds is 5. The van der Waals surface area contributed by atoms with Crippen LogP contribution in [0, 0.1) is 10.1 Å². The second kappa shape index (κ2) is 6.76. The molecule has 0 spiro atoms. The molecule has 0 aliphatic carbocycles. The van der Waals surface area contributed by atoms with Crippen molar-refractivity contribution in [2.75, 3.05) is 12.4 Å². The molecule has 2 aromatic rings. The van der Waals surface area contributed by atoms with Crippen LogP contribution in [0.4, 0.5) is 11.4 Å². The number of hydrogen-bond donors (Lipinski definition) is 1. The van der Waals surface area contributed by atoms with Crippen molar-refractivity contribution in [2.45, 2.75) is 10.6 Å². The molecule has 1 N–H and O–H groups in total. The van der Waals surface area contributed by atoms with Gasteiger partial charge in [0.2, 0.25) is 0 Å². The molecule has 0 atom stereocenters. The van der Waals surface area contributed by atoms with E-state index < -0.39 is 0 Å². The van der Waals surface area contributed by atoms with Gasteiger partial charge in [0.25, 0.3) is 5.69 Å². The summed E-state index contributed by atoms with van der Waals surface area (Å²) in [7, 11) is 1.70. The Balaban J connectivity index is 2.19. The van der Waals surface area contributed by atoms with Crippen molar-refractivity contribution in [1.82, 2.24) is 0 Å². The molecule has 0 bridgehead atoms. The maximum absolute atomic E-state index is 11.0. The minimum Gasteiger partial charge on any atom is -0.382 e. The normalized spacial score (nSPS) is 10.3. The predicted molar refractivity (Wildman–Crippen MR) is 86.3 cm³/mol. The van der Waals surface area contributed by atoms with Crippen molar-refractivity contribution < 1.29 is 4.92 Å². The van der Waals surface area contributed by atoms with Crippen molar-refractivity contribution in [3.05, 3.63) is 62.6 Å². The molecule has 0 saturated heterocycles. The predicted octanol–water partition coefficient (Wildman–Crippen LogP) is 4.69. The first-order chi connectivity index (χ1) is 9.61. The zero-order chi connectivity index (χ0) is 14.5. The molecule has 0 fully saturated rings. The Morgan fingerprint density at radius 2 is 1.95 bits per heavy atom. The van der Waals surface area contributed by atoms with Crippen LogP contribution in [0.5, 0.6) is 0 Å². The van der Waals surface area contributed by atoms with E-state index in [0.29, 0.717) is 11.4 Å². The topological polar surface area (TPSA) is 55.2 Å². The van der Waals surface area contributed by atoms with Crippen LogP contribution in [0.25, 0.3) is 0 Å². The zero-order valence-corrected chi connectivity index (χ0v) is 13.2. The number of benzene rings is 2. The Morgan fingerprint density at radius 1 is 1.25 bits per heavy atom. The summed E-state index contributed by atoms with van der Waals surface area (Å²) in [5.41, 5.74) is 1.62. The summed E-state index contributed by atoms with van der Waals surface area (Å²) in [5, 5.41) is 13.9. The van der Waals surface area contributed by atoms with Crippen LogP contribution >= 0.6 is 27.7 Å². The second-order valence-corrected chi connectivity index (χ2v) is 6.03. The van der Waals surface area contributed by atoms with Gasteiger partial charge in [-0.25, -0.2) is 0 Å². The fraction of sp³-hybridized carbons (Fsp3) is 0.143. The first-order valence-corrected chi connectivity index (χ1v) is 7.72. The number of thioether (sulfide) groups is 1. The van der Waals surface area contributed by atoms with Gasteiger partial charge in [-0.1, -0.05) is 28.1 Å². The maximum Gasteiger partial charge on any atom is 0.292 e. The van der Waals surface area contributed by atoms with Crippen LogP contribution in [0.3, 0.4) is 0 Å². The van der Waals surface area contributed by atoms with Crippen LogP contribution in [0.2, 0.25) is 0 Å². The van der Waals surface area contributed by atoms with E-state index in [1.165, 1.54) is 6.07 Å². The molecule has 4 nitrogen and oxygen atoms in total. The molecule has 0 unspecified atom stereocenters. The van der Waals surface area contributed by atoms with Crippen LogP contribution in [0.1, 0.15) is 5.56 Å². The van der Waals surface area contributed by atoms with Gasteiger partial charge < -0.3 is 5.32 Å². The first kappa shape index (κ1) is 14.9. The lowest BCUT2D eigenvalue weighted by Crippen LogP contribution is -2.00. The van der Waals surface area contributed by atoms with Gasteiger partial charge in [0.05, 0.1) is 4.92 Å². The van der Waals surface area contributed by atoms with Gasteiger partial charge in [-0.05, 0) is 29.8 Å². The molecular weight excluding hydrogens is 340 g/mol. The largest absolute Gasteiger partial charge is 0.382 e. The molecule has 0 radical (unpaired) electrons. The van der Waals surface area contributed by atoms with Gasteiger partial charge >= 0.3 is 0 Å². The summed E-state index contributed by atoms with van der Waals surface area (Å²) in [6.45, 7) is 0. The van der Waals surface area contributed by atoms with E-state index >= 15 is 0 Å². The minimum atomic E-state index is -0.361. The lowest BCUT2D eigenvalue weighted by atomic mass is 10.1. The highest BCUT2D eigenvalue weighted by molar-refractivity contribution is 9.10. The highest BCUT2D eigenvalue weighted by Crippen LogP contribution is 2.32. The molecule has 0 aliphatic rings. The number of halogens is 1. The number of nitro groups is 1. The Morgan fingerprint density at radius 3 is 2.55 bits per heavy atom. The Bertz CT molecular complexity index is 617. The smallest absolute Gasteiger partial charge is 0.292 e. The lowest BCUT2D eigenvalue weighted by molar-refractivity contribution is -0.384. The van der Waals surface area contributed by atoms with Crippen molar-refractivity contribution in [3.8, 4) is 0 Å². The highest BCUT2D eigenvalue weighted by atomic mass is 79.9. The molecule has 104 valence electrons. The fourth-order valence-electron chi connectivity index (χ4n) is 1.84. The highest BCUT2D eigenvalue weighted by Gasteiger charge is 2.15. The number of hydrogen-bond acceptors (Lipinski definition) is 4. The van der Waals surface area contributed by atoms with Gasteiger partial charge in [-0.15, -0.1) is 11.8 Å². The maximum atomic E-state index is 11.0. The van der Waals surface area contributed by atoms with Crippen LogP contribution in [0.15, 0.2) is 51.8 Å². The molecule has 20 heavy (non-hydrogen) atoms. The average Bonchev–Trinajstić information content (AvgIpc) is 2.46. The fourth-order valence-corrected chi connectivity index (χ4v) is 3.00. The Labute approximate surface area is 129 Å². The third-order valence-corrected chi connectivity index (χ3v) is 4.37. The van der Waals surface area contributed by atoms with E-state index in [1.54, 1.807) is 24.9 Å². The van der Waals surface area contributed by atoms with Crippen molar-refractivity contribution in [1.29, 1.82) is 0 Å². The van der Waals surface area contributed by atoms with E-state index in [-0.39, 0.29) is 10.6 Å². The average molecular weight is 353 g/mol. The molecule has 6 heteroatoms. The number of nitrogens with zero attached hydrogens (tertiary/aromatic N) is 1. The monoisotopic (exact) mass is 352 g/mol. The standard InChI is InChI=1S/C14H13BrN2O2S/c1-16-14-10(3-2-4-13(14)17(18)19)9-20-12-7-5-11(15)6-8-12/h2-8,16H,9H2,1H3. The third kappa shape index (κ3) is 3.52. The molecular formula is C14H13BrN2O2S. The molecule has 0 heterocycles. The van der Waals surface area contributed by atoms with E-state index in [9.17, 15) is 10.1 Å². The molecule has 2 aromatic carbocycles. The van der Waals surface area contributed by atoms with Crippen LogP contribution < -0.4 is 5.32 Å². The van der Waals surface area contributed by atoms with Crippen molar-refractivity contribution in [2.24, 2.45) is 0 Å². The van der Waals surface area contributed by atoms with Gasteiger partial charge in [0.1, 0.15) is 5.69 Å². The summed E-state index contributed by atoms with van der Waals surface area (Å²) >= 11 is 5.04. The lowest BCUT2D eigenvalue weighted by Gasteiger charge is -2.09. The van der Waals surface area contributed by atoms with Gasteiger partial charge in [-0.3, -0.25) is 10.1 Å². The molecule has 0 aliphatic heterocycles. The molecule has 0 aromatic heterocycles. The summed E-state index contributed by atoms with van der Waals surface area (Å²) in [6, 6.07) is 13.1. The number of nitrogens with one attached hydrogen (secondary N) is 1. The summed E-state index contributed by atoms with van der Waals surface area (Å²) in [4.78, 5) is 11.8. The van der Waals surface area contributed by atoms with Crippen molar-refractivity contribution in [3.63, 3.8) is 0 Å². The van der Waals surface area contributed by atoms with Crippen LogP contribution in [-0.4, -0.2) is 12.0 Å². The molecule has 2 rings (SSSR count). The second-order valence-electron chi connectivity index (χ2n) is 4.06. The summed E-state index contributed by atoms with van der Waals surface area (Å²) in [5.74, 6) is 0.680. The summed E-state index contributed by atoms with van der Waals surface area (Å²) in [6.07, 6.45) is 0. The number of anilines is 1. The SMILES string of the molecule is CNc1c(CSc2ccc(Br)cc2)cccc1[N+](=O)[O-]. The Hall–Kier alpha value is -1.53. The summed E-state index contributed by atoms with van der Waals surface area (Å²) < 4.78 is 1.04. The molecule has 0 amide bonds. The van der Waals surface area contributed by atoms with Crippen LogP contribution in [-0.2, 0) is 5.75 Å². The zero-order valence-electron chi connectivity index (χ0n) is 10.8. The van der Waals surface area contributed by atoms with Crippen molar-refractivity contribution >= 4 is 39.1 Å². The first-order valence-electron chi connectivity index (χ1n) is 5.94. The van der Waals surface area contributed by atoms with E-state index in [2.05, 4.69) is 21.2 Å². The van der Waals surface area contributed by atoms with E-state index in [4.69, 9.17) is 0 Å². The van der Waals surface area contributed by atoms with E-state index in [1.807, 2.05) is 30.3 Å². The Kier molecular flexibility index (Phi) is 5.03. The van der Waals surface area contributed by atoms with Gasteiger partial charge in [0, 0.05) is 28.2 Å². The third-order valence-electron chi connectivity index (χ3n) is 2.78. The van der Waals surface area contributed by atoms with E-state index in [0.717, 1.165) is 14.9 Å². The minimum absolute atomic E-state index is 0.112. The number of nitro benzene ring substituents is 1. The number of para-hydroxylation sites is 1. The van der Waals surface area contributed by atoms with Gasteiger partial charge in [-0.2, -0.15) is 0 Å². The van der Waals surface area contributed by atoms with Gasteiger partial charge in [0.15, 0.2) is 0 Å². The quantitative estimate of drug-likeness (QED) is 0.481. The molecule has 0 saturated carbocycles.